The molecular weight excluding hydrogens is 286 g/mol. The van der Waals surface area contributed by atoms with Crippen LogP contribution in [0.5, 0.6) is 0 Å². The van der Waals surface area contributed by atoms with Gasteiger partial charge in [-0.05, 0) is 42.7 Å². The Morgan fingerprint density at radius 1 is 1.29 bits per heavy atom. The second kappa shape index (κ2) is 4.71. The van der Waals surface area contributed by atoms with Crippen molar-refractivity contribution in [3.8, 4) is 0 Å². The van der Waals surface area contributed by atoms with Gasteiger partial charge in [0.15, 0.2) is 0 Å². The molecule has 0 aromatic heterocycles. The van der Waals surface area contributed by atoms with Crippen molar-refractivity contribution in [2.75, 3.05) is 11.1 Å². The first-order valence-corrected chi connectivity index (χ1v) is 9.12. The number of hydrogen-bond donors (Lipinski definition) is 2. The molecule has 0 radical (unpaired) electrons. The van der Waals surface area contributed by atoms with Crippen LogP contribution < -0.4 is 5.32 Å². The van der Waals surface area contributed by atoms with E-state index in [1.807, 2.05) is 30.3 Å². The fourth-order valence-electron chi connectivity index (χ4n) is 4.68. The maximum absolute atomic E-state index is 11.6. The topological polar surface area (TPSA) is 66.4 Å². The smallest absolute Gasteiger partial charge is 0.265 e. The Bertz CT molecular complexity index is 626. The average Bonchev–Trinajstić information content (AvgIpc) is 2.72. The van der Waals surface area contributed by atoms with Crippen LogP contribution in [0.3, 0.4) is 0 Å². The van der Waals surface area contributed by atoms with Crippen LogP contribution in [0.4, 0.5) is 5.69 Å². The van der Waals surface area contributed by atoms with Crippen molar-refractivity contribution in [3.63, 3.8) is 0 Å². The van der Waals surface area contributed by atoms with Gasteiger partial charge in [-0.25, -0.2) is 0 Å². The Balaban J connectivity index is 1.94. The van der Waals surface area contributed by atoms with Gasteiger partial charge in [0.2, 0.25) is 0 Å². The number of nitrogens with one attached hydrogen (secondary N) is 1. The Morgan fingerprint density at radius 3 is 2.52 bits per heavy atom. The molecule has 3 rings (SSSR count). The van der Waals surface area contributed by atoms with E-state index >= 15 is 0 Å². The highest BCUT2D eigenvalue weighted by Crippen LogP contribution is 2.66. The zero-order chi connectivity index (χ0) is 15.3. The molecule has 4 nitrogen and oxygen atoms in total. The number of hydrogen-bond acceptors (Lipinski definition) is 3. The molecule has 0 saturated heterocycles. The molecular formula is C16H23NO3S. The Morgan fingerprint density at radius 2 is 1.95 bits per heavy atom. The summed E-state index contributed by atoms with van der Waals surface area (Å²) in [5.41, 5.74) is 0.552. The highest BCUT2D eigenvalue weighted by atomic mass is 32.2. The minimum atomic E-state index is -3.99. The predicted octanol–water partition coefficient (Wildman–Crippen LogP) is 3.18. The monoisotopic (exact) mass is 309 g/mol. The normalized spacial score (nSPS) is 34.0. The standard InChI is InChI=1S/C16H23NO3S/c1-15(2)12-8-9-16(15,11-21(18,19)20)14(10-12)17-13-6-4-3-5-7-13/h3-7,12,14,17H,8-11H2,1-2H3,(H,18,19,20)/t12?,14?,16-/m1/s1. The Hall–Kier alpha value is -1.07. The lowest BCUT2D eigenvalue weighted by Crippen LogP contribution is -2.47. The first-order chi connectivity index (χ1) is 9.75. The third-order valence-electron chi connectivity index (χ3n) is 5.98. The van der Waals surface area contributed by atoms with Crippen molar-refractivity contribution in [3.05, 3.63) is 30.3 Å². The molecule has 2 fully saturated rings. The van der Waals surface area contributed by atoms with Gasteiger partial charge in [-0.1, -0.05) is 32.0 Å². The maximum atomic E-state index is 11.6. The molecule has 0 spiro atoms. The van der Waals surface area contributed by atoms with Crippen LogP contribution >= 0.6 is 0 Å². The highest BCUT2D eigenvalue weighted by molar-refractivity contribution is 7.85. The summed E-state index contributed by atoms with van der Waals surface area (Å²) >= 11 is 0. The molecule has 2 aliphatic rings. The Labute approximate surface area is 126 Å². The van der Waals surface area contributed by atoms with E-state index in [4.69, 9.17) is 0 Å². The van der Waals surface area contributed by atoms with Crippen LogP contribution in [-0.4, -0.2) is 24.8 Å². The molecule has 0 heterocycles. The van der Waals surface area contributed by atoms with E-state index in [0.717, 1.165) is 24.9 Å². The molecule has 3 atom stereocenters. The summed E-state index contributed by atoms with van der Waals surface area (Å²) in [5.74, 6) is 0.369. The quantitative estimate of drug-likeness (QED) is 0.838. The first kappa shape index (κ1) is 14.9. The van der Waals surface area contributed by atoms with E-state index in [9.17, 15) is 13.0 Å². The van der Waals surface area contributed by atoms with Crippen molar-refractivity contribution in [2.24, 2.45) is 16.7 Å². The fraction of sp³-hybridized carbons (Fsp3) is 0.625. The van der Waals surface area contributed by atoms with Crippen molar-refractivity contribution in [1.82, 2.24) is 0 Å². The van der Waals surface area contributed by atoms with Gasteiger partial charge in [-0.2, -0.15) is 8.42 Å². The first-order valence-electron chi connectivity index (χ1n) is 7.51. The SMILES string of the molecule is CC1(C)C2CC[C@@]1(CS(=O)(=O)O)C(Nc1ccccc1)C2. The minimum Gasteiger partial charge on any atom is -0.382 e. The number of benzene rings is 1. The van der Waals surface area contributed by atoms with Crippen molar-refractivity contribution in [2.45, 2.75) is 39.2 Å². The van der Waals surface area contributed by atoms with Crippen LogP contribution in [0.25, 0.3) is 0 Å². The van der Waals surface area contributed by atoms with E-state index < -0.39 is 10.1 Å². The number of para-hydroxylation sites is 1. The summed E-state index contributed by atoms with van der Waals surface area (Å²) in [6.45, 7) is 4.31. The predicted molar refractivity (Wildman–Crippen MR) is 83.8 cm³/mol. The average molecular weight is 309 g/mol. The van der Waals surface area contributed by atoms with Gasteiger partial charge < -0.3 is 5.32 Å². The minimum absolute atomic E-state index is 0.0742. The molecule has 2 saturated carbocycles. The Kier molecular flexibility index (Phi) is 3.33. The van der Waals surface area contributed by atoms with Gasteiger partial charge in [0.1, 0.15) is 0 Å². The van der Waals surface area contributed by atoms with Crippen LogP contribution in [0.1, 0.15) is 33.1 Å². The fourth-order valence-corrected chi connectivity index (χ4v) is 6.05. The van der Waals surface area contributed by atoms with Gasteiger partial charge in [0.05, 0.1) is 5.75 Å². The summed E-state index contributed by atoms with van der Waals surface area (Å²) < 4.78 is 32.6. The van der Waals surface area contributed by atoms with Gasteiger partial charge in [0, 0.05) is 17.1 Å². The highest BCUT2D eigenvalue weighted by Gasteiger charge is 2.65. The summed E-state index contributed by atoms with van der Waals surface area (Å²) in [4.78, 5) is 0. The summed E-state index contributed by atoms with van der Waals surface area (Å²) in [5, 5.41) is 3.52. The van der Waals surface area contributed by atoms with Gasteiger partial charge in [-0.15, -0.1) is 0 Å². The van der Waals surface area contributed by atoms with Crippen molar-refractivity contribution in [1.29, 1.82) is 0 Å². The molecule has 2 aliphatic carbocycles. The summed E-state index contributed by atoms with van der Waals surface area (Å²) in [7, 11) is -3.99. The molecule has 2 N–H and O–H groups in total. The molecule has 1 aromatic carbocycles. The molecule has 5 heteroatoms. The van der Waals surface area contributed by atoms with Gasteiger partial charge in [-0.3, -0.25) is 4.55 Å². The lowest BCUT2D eigenvalue weighted by molar-refractivity contribution is 0.143. The van der Waals surface area contributed by atoms with E-state index in [0.29, 0.717) is 5.92 Å². The molecule has 0 aliphatic heterocycles. The lowest BCUT2D eigenvalue weighted by Gasteiger charge is -2.42. The molecule has 1 aromatic rings. The van der Waals surface area contributed by atoms with Gasteiger partial charge >= 0.3 is 0 Å². The largest absolute Gasteiger partial charge is 0.382 e. The van der Waals surface area contributed by atoms with E-state index in [1.54, 1.807) is 0 Å². The third-order valence-corrected chi connectivity index (χ3v) is 6.86. The number of fused-ring (bicyclic) bond motifs is 2. The van der Waals surface area contributed by atoms with Crippen LogP contribution in [-0.2, 0) is 10.1 Å². The second-order valence-electron chi connectivity index (χ2n) is 7.14. The molecule has 2 unspecified atom stereocenters. The van der Waals surface area contributed by atoms with Crippen molar-refractivity contribution >= 4 is 15.8 Å². The van der Waals surface area contributed by atoms with E-state index in [2.05, 4.69) is 19.2 Å². The van der Waals surface area contributed by atoms with Crippen LogP contribution in [0, 0.1) is 16.7 Å². The molecule has 0 amide bonds. The van der Waals surface area contributed by atoms with Gasteiger partial charge in [0.25, 0.3) is 10.1 Å². The van der Waals surface area contributed by atoms with E-state index in [1.165, 1.54) is 0 Å². The summed E-state index contributed by atoms with van der Waals surface area (Å²) in [6, 6.07) is 9.99. The third kappa shape index (κ3) is 2.36. The van der Waals surface area contributed by atoms with E-state index in [-0.39, 0.29) is 22.6 Å². The number of rotatable bonds is 4. The molecule has 116 valence electrons. The van der Waals surface area contributed by atoms with Crippen LogP contribution in [0.2, 0.25) is 0 Å². The zero-order valence-corrected chi connectivity index (χ0v) is 13.4. The zero-order valence-electron chi connectivity index (χ0n) is 12.5. The molecule has 21 heavy (non-hydrogen) atoms. The summed E-state index contributed by atoms with van der Waals surface area (Å²) in [6.07, 6.45) is 2.88. The molecule has 2 bridgehead atoms. The lowest BCUT2D eigenvalue weighted by atomic mass is 9.69. The van der Waals surface area contributed by atoms with Crippen molar-refractivity contribution < 1.29 is 13.0 Å². The number of anilines is 1. The van der Waals surface area contributed by atoms with Crippen LogP contribution in [0.15, 0.2) is 30.3 Å². The maximum Gasteiger partial charge on any atom is 0.265 e. The second-order valence-corrected chi connectivity index (χ2v) is 8.59.